The molecule has 0 radical (unpaired) electrons. The van der Waals surface area contributed by atoms with Crippen molar-refractivity contribution in [2.45, 2.75) is 24.7 Å². The van der Waals surface area contributed by atoms with Gasteiger partial charge in [0.1, 0.15) is 0 Å². The van der Waals surface area contributed by atoms with Crippen LogP contribution in [-0.2, 0) is 17.3 Å². The normalized spacial score (nSPS) is 19.1. The van der Waals surface area contributed by atoms with E-state index in [-0.39, 0.29) is 16.6 Å². The standard InChI is InChI=1S/C22H17ClF2N10O/c1-22(11-7-30-33(2)10-11)6-13(14-9-27-20-16(24)18(25)32-34(20)17(14)22)21(36)31-12-5-15(23)19(26-8-12)35-28-3-4-29-35/h3-5,7-10,13H,6H2,1-2H3,(H,31,36)/t13-,22-/m0/s1. The molecule has 5 aromatic heterocycles. The summed E-state index contributed by atoms with van der Waals surface area (Å²) >= 11 is 6.34. The molecule has 5 aromatic rings. The van der Waals surface area contributed by atoms with Crippen LogP contribution in [0.1, 0.15) is 36.1 Å². The van der Waals surface area contributed by atoms with Gasteiger partial charge in [-0.2, -0.15) is 24.1 Å². The van der Waals surface area contributed by atoms with Gasteiger partial charge in [0, 0.05) is 36.0 Å². The number of hydrogen-bond acceptors (Lipinski definition) is 7. The van der Waals surface area contributed by atoms with E-state index in [2.05, 4.69) is 35.7 Å². The first-order valence-electron chi connectivity index (χ1n) is 10.8. The lowest BCUT2D eigenvalue weighted by Crippen LogP contribution is -2.25. The summed E-state index contributed by atoms with van der Waals surface area (Å²) < 4.78 is 31.2. The fourth-order valence-corrected chi connectivity index (χ4v) is 5.01. The van der Waals surface area contributed by atoms with Gasteiger partial charge in [0.2, 0.25) is 11.7 Å². The van der Waals surface area contributed by atoms with Crippen molar-refractivity contribution in [2.24, 2.45) is 7.05 Å². The lowest BCUT2D eigenvalue weighted by Gasteiger charge is -2.24. The molecule has 6 rings (SSSR count). The Kier molecular flexibility index (Phi) is 4.86. The first-order chi connectivity index (χ1) is 17.3. The Morgan fingerprint density at radius 2 is 1.94 bits per heavy atom. The monoisotopic (exact) mass is 510 g/mol. The molecule has 0 fully saturated rings. The fourth-order valence-electron chi connectivity index (χ4n) is 4.76. The molecule has 0 aliphatic heterocycles. The van der Waals surface area contributed by atoms with Crippen molar-refractivity contribution in [3.8, 4) is 5.82 Å². The van der Waals surface area contributed by atoms with E-state index in [1.165, 1.54) is 29.6 Å². The van der Waals surface area contributed by atoms with Crippen molar-refractivity contribution in [1.82, 2.24) is 44.4 Å². The third-order valence-corrected chi connectivity index (χ3v) is 6.72. The number of fused-ring (bicyclic) bond motifs is 3. The number of aryl methyl sites for hydroxylation is 1. The second-order valence-corrected chi connectivity index (χ2v) is 9.14. The van der Waals surface area contributed by atoms with E-state index < -0.39 is 23.1 Å². The second kappa shape index (κ2) is 7.88. The highest BCUT2D eigenvalue weighted by Crippen LogP contribution is 2.50. The molecule has 0 aromatic carbocycles. The maximum atomic E-state index is 14.4. The zero-order valence-corrected chi connectivity index (χ0v) is 19.6. The van der Waals surface area contributed by atoms with Gasteiger partial charge in [-0.15, -0.1) is 9.90 Å². The van der Waals surface area contributed by atoms with Gasteiger partial charge in [-0.25, -0.2) is 14.5 Å². The lowest BCUT2D eigenvalue weighted by atomic mass is 9.80. The second-order valence-electron chi connectivity index (χ2n) is 8.73. The van der Waals surface area contributed by atoms with Gasteiger partial charge < -0.3 is 5.32 Å². The van der Waals surface area contributed by atoms with Crippen LogP contribution in [0.15, 0.2) is 43.2 Å². The zero-order chi connectivity index (χ0) is 25.2. The predicted molar refractivity (Wildman–Crippen MR) is 123 cm³/mol. The average Bonchev–Trinajstić information content (AvgIpc) is 3.63. The Labute approximate surface area is 206 Å². The maximum Gasteiger partial charge on any atom is 0.271 e. The molecule has 1 amide bonds. The number of carbonyl (C=O) groups is 1. The van der Waals surface area contributed by atoms with Gasteiger partial charge >= 0.3 is 0 Å². The van der Waals surface area contributed by atoms with Gasteiger partial charge in [0.05, 0.1) is 47.1 Å². The largest absolute Gasteiger partial charge is 0.324 e. The minimum atomic E-state index is -1.26. The summed E-state index contributed by atoms with van der Waals surface area (Å²) in [6.45, 7) is 1.89. The molecule has 5 heterocycles. The molecule has 36 heavy (non-hydrogen) atoms. The maximum absolute atomic E-state index is 14.4. The summed E-state index contributed by atoms with van der Waals surface area (Å²) in [4.78, 5) is 23.1. The van der Waals surface area contributed by atoms with Gasteiger partial charge in [0.15, 0.2) is 11.5 Å². The number of pyridine rings is 1. The number of nitrogens with one attached hydrogen (secondary N) is 1. The number of aromatic nitrogens is 9. The Balaban J connectivity index is 1.40. The van der Waals surface area contributed by atoms with Crippen LogP contribution in [0.2, 0.25) is 5.02 Å². The molecule has 14 heteroatoms. The Morgan fingerprint density at radius 3 is 2.64 bits per heavy atom. The molecule has 0 saturated heterocycles. The van der Waals surface area contributed by atoms with E-state index >= 15 is 0 Å². The first kappa shape index (κ1) is 22.2. The Hall–Kier alpha value is -4.26. The van der Waals surface area contributed by atoms with Crippen molar-refractivity contribution >= 4 is 28.8 Å². The van der Waals surface area contributed by atoms with E-state index in [1.807, 2.05) is 6.92 Å². The van der Waals surface area contributed by atoms with Crippen LogP contribution in [0, 0.1) is 11.8 Å². The molecule has 1 aliphatic rings. The van der Waals surface area contributed by atoms with Crippen molar-refractivity contribution in [2.75, 3.05) is 5.32 Å². The number of hydrogen-bond donors (Lipinski definition) is 1. The van der Waals surface area contributed by atoms with E-state index in [1.54, 1.807) is 30.2 Å². The highest BCUT2D eigenvalue weighted by molar-refractivity contribution is 6.32. The van der Waals surface area contributed by atoms with Gasteiger partial charge in [0.25, 0.3) is 5.95 Å². The minimum Gasteiger partial charge on any atom is -0.324 e. The average molecular weight is 511 g/mol. The first-order valence-corrected chi connectivity index (χ1v) is 11.2. The Morgan fingerprint density at radius 1 is 1.17 bits per heavy atom. The summed E-state index contributed by atoms with van der Waals surface area (Å²) in [6, 6.07) is 1.54. The molecule has 0 bridgehead atoms. The molecule has 182 valence electrons. The molecule has 1 aliphatic carbocycles. The third-order valence-electron chi connectivity index (χ3n) is 6.44. The minimum absolute atomic E-state index is 0.238. The molecular weight excluding hydrogens is 494 g/mol. The van der Waals surface area contributed by atoms with Crippen molar-refractivity contribution in [3.05, 3.63) is 76.9 Å². The number of amides is 1. The molecule has 0 unspecified atom stereocenters. The van der Waals surface area contributed by atoms with E-state index in [0.717, 1.165) is 10.1 Å². The summed E-state index contributed by atoms with van der Waals surface area (Å²) in [5.74, 6) is -3.16. The van der Waals surface area contributed by atoms with Crippen molar-refractivity contribution < 1.29 is 13.6 Å². The highest BCUT2D eigenvalue weighted by atomic mass is 35.5. The molecule has 0 saturated carbocycles. The molecule has 11 nitrogen and oxygen atoms in total. The van der Waals surface area contributed by atoms with Gasteiger partial charge in [-0.3, -0.25) is 9.48 Å². The molecular formula is C22H17ClF2N10O. The smallest absolute Gasteiger partial charge is 0.271 e. The van der Waals surface area contributed by atoms with Crippen molar-refractivity contribution in [1.29, 1.82) is 0 Å². The summed E-state index contributed by atoms with van der Waals surface area (Å²) in [6.07, 6.45) is 9.59. The summed E-state index contributed by atoms with van der Waals surface area (Å²) in [5, 5.41) is 19.1. The molecule has 1 N–H and O–H groups in total. The van der Waals surface area contributed by atoms with Crippen LogP contribution in [0.5, 0.6) is 0 Å². The van der Waals surface area contributed by atoms with Crippen molar-refractivity contribution in [3.63, 3.8) is 0 Å². The number of carbonyl (C=O) groups excluding carboxylic acids is 1. The lowest BCUT2D eigenvalue weighted by molar-refractivity contribution is -0.117. The van der Waals surface area contributed by atoms with Crippen LogP contribution in [0.25, 0.3) is 11.5 Å². The fraction of sp³-hybridized carbons (Fsp3) is 0.227. The van der Waals surface area contributed by atoms with Crippen LogP contribution in [0.4, 0.5) is 14.5 Å². The zero-order valence-electron chi connectivity index (χ0n) is 18.9. The van der Waals surface area contributed by atoms with E-state index in [9.17, 15) is 13.6 Å². The van der Waals surface area contributed by atoms with Crippen LogP contribution < -0.4 is 5.32 Å². The predicted octanol–water partition coefficient (Wildman–Crippen LogP) is 2.80. The highest BCUT2D eigenvalue weighted by Gasteiger charge is 2.48. The van der Waals surface area contributed by atoms with Crippen LogP contribution >= 0.6 is 11.6 Å². The van der Waals surface area contributed by atoms with Crippen LogP contribution in [0.3, 0.4) is 0 Å². The summed E-state index contributed by atoms with van der Waals surface area (Å²) in [5.41, 5.74) is 1.03. The van der Waals surface area contributed by atoms with Gasteiger partial charge in [-0.1, -0.05) is 11.6 Å². The number of nitrogens with zero attached hydrogens (tertiary/aromatic N) is 9. The van der Waals surface area contributed by atoms with Crippen LogP contribution in [-0.4, -0.2) is 50.3 Å². The topological polar surface area (TPSA) is 121 Å². The number of rotatable bonds is 4. The van der Waals surface area contributed by atoms with Gasteiger partial charge in [-0.05, 0) is 19.4 Å². The number of anilines is 1. The summed E-state index contributed by atoms with van der Waals surface area (Å²) in [7, 11) is 1.77. The van der Waals surface area contributed by atoms with E-state index in [4.69, 9.17) is 11.6 Å². The molecule has 2 atom stereocenters. The molecule has 0 spiro atoms. The third kappa shape index (κ3) is 3.26. The quantitative estimate of drug-likeness (QED) is 0.394. The Bertz CT molecular complexity index is 1650. The van der Waals surface area contributed by atoms with E-state index in [0.29, 0.717) is 29.2 Å². The number of halogens is 3. The SMILES string of the molecule is Cn1cc([C@]2(C)C[C@H](C(=O)Nc3cnc(-n4nccn4)c(Cl)c3)c3cnc4c(F)c(F)nn4c32)cn1.